The van der Waals surface area contributed by atoms with Gasteiger partial charge in [-0.15, -0.1) is 0 Å². The van der Waals surface area contributed by atoms with E-state index >= 15 is 0 Å². The highest BCUT2D eigenvalue weighted by atomic mass is 16.5. The molecule has 28 heavy (non-hydrogen) atoms. The van der Waals surface area contributed by atoms with Crippen LogP contribution in [0.5, 0.6) is 23.0 Å². The molecule has 0 aliphatic rings. The van der Waals surface area contributed by atoms with Crippen molar-refractivity contribution in [3.05, 3.63) is 42.3 Å². The monoisotopic (exact) mass is 383 g/mol. The quantitative estimate of drug-likeness (QED) is 0.561. The Labute approximate surface area is 165 Å². The third-order valence-electron chi connectivity index (χ3n) is 4.64. The third-order valence-corrected chi connectivity index (χ3v) is 4.64. The minimum atomic E-state index is 0.270. The van der Waals surface area contributed by atoms with Crippen LogP contribution in [0.4, 0.5) is 0 Å². The molecule has 0 bridgehead atoms. The second-order valence-electron chi connectivity index (χ2n) is 6.55. The van der Waals surface area contributed by atoms with Crippen molar-refractivity contribution in [1.29, 1.82) is 0 Å². The maximum absolute atomic E-state index is 5.78. The topological polar surface area (TPSA) is 63.0 Å². The first kappa shape index (κ1) is 19.6. The fraction of sp³-hybridized carbons (Fsp3) is 0.318. The molecule has 3 aromatic rings. The summed E-state index contributed by atoms with van der Waals surface area (Å²) < 4.78 is 27.7. The van der Waals surface area contributed by atoms with Gasteiger partial charge < -0.3 is 23.4 Å². The molecular formula is C22H25NO5. The zero-order valence-corrected chi connectivity index (χ0v) is 17.0. The molecule has 148 valence electrons. The van der Waals surface area contributed by atoms with Gasteiger partial charge in [-0.05, 0) is 35.7 Å². The fourth-order valence-electron chi connectivity index (χ4n) is 3.18. The maximum Gasteiger partial charge on any atom is 0.182 e. The lowest BCUT2D eigenvalue weighted by Crippen LogP contribution is -1.98. The van der Waals surface area contributed by atoms with Gasteiger partial charge in [-0.3, -0.25) is 0 Å². The zero-order chi connectivity index (χ0) is 20.3. The first-order valence-corrected chi connectivity index (χ1v) is 8.96. The van der Waals surface area contributed by atoms with Crippen LogP contribution in [-0.4, -0.2) is 33.4 Å². The van der Waals surface area contributed by atoms with Gasteiger partial charge in [-0.2, -0.15) is 0 Å². The number of benzene rings is 2. The Morgan fingerprint density at radius 1 is 0.786 bits per heavy atom. The molecule has 1 aromatic heterocycles. The molecule has 0 aliphatic carbocycles. The maximum atomic E-state index is 5.78. The van der Waals surface area contributed by atoms with Gasteiger partial charge in [0.05, 0.1) is 34.0 Å². The number of hydrogen-bond donors (Lipinski definition) is 0. The van der Waals surface area contributed by atoms with E-state index in [1.807, 2.05) is 30.3 Å². The number of rotatable bonds is 7. The lowest BCUT2D eigenvalue weighted by atomic mass is 9.96. The smallest absolute Gasteiger partial charge is 0.182 e. The number of methoxy groups -OCH3 is 4. The van der Waals surface area contributed by atoms with E-state index in [4.69, 9.17) is 23.4 Å². The second-order valence-corrected chi connectivity index (χ2v) is 6.55. The average Bonchev–Trinajstić information content (AvgIpc) is 3.21. The van der Waals surface area contributed by atoms with E-state index in [2.05, 4.69) is 18.8 Å². The molecule has 2 aromatic carbocycles. The summed E-state index contributed by atoms with van der Waals surface area (Å²) in [6.07, 6.45) is 1.43. The molecule has 0 unspecified atom stereocenters. The Kier molecular flexibility index (Phi) is 5.78. The van der Waals surface area contributed by atoms with Crippen molar-refractivity contribution in [3.63, 3.8) is 0 Å². The Balaban J connectivity index is 2.18. The highest BCUT2D eigenvalue weighted by molar-refractivity contribution is 5.82. The summed E-state index contributed by atoms with van der Waals surface area (Å²) >= 11 is 0. The van der Waals surface area contributed by atoms with Gasteiger partial charge in [-0.1, -0.05) is 13.8 Å². The summed E-state index contributed by atoms with van der Waals surface area (Å²) in [4.78, 5) is 4.44. The number of aromatic nitrogens is 1. The van der Waals surface area contributed by atoms with Crippen molar-refractivity contribution in [2.24, 2.45) is 0 Å². The molecular weight excluding hydrogens is 358 g/mol. The van der Waals surface area contributed by atoms with Gasteiger partial charge in [0.2, 0.25) is 0 Å². The highest BCUT2D eigenvalue weighted by Crippen LogP contribution is 2.43. The molecule has 1 heterocycles. The van der Waals surface area contributed by atoms with E-state index in [1.54, 1.807) is 28.4 Å². The summed E-state index contributed by atoms with van der Waals surface area (Å²) in [7, 11) is 6.49. The van der Waals surface area contributed by atoms with E-state index in [0.717, 1.165) is 22.4 Å². The molecule has 0 fully saturated rings. The van der Waals surface area contributed by atoms with E-state index in [1.165, 1.54) is 6.39 Å². The molecule has 0 atom stereocenters. The van der Waals surface area contributed by atoms with Crippen LogP contribution in [-0.2, 0) is 0 Å². The number of ether oxygens (including phenoxy) is 4. The number of nitrogens with zero attached hydrogens (tertiary/aromatic N) is 1. The van der Waals surface area contributed by atoms with Crippen LogP contribution < -0.4 is 18.9 Å². The standard InChI is InChI=1S/C22H25NO5/c1-13(2)15-10-16(19(26-5)11-18(15)25-4)22-21(23-12-28-22)14-7-8-17(24-3)20(9-14)27-6/h7-13H,1-6H3. The zero-order valence-electron chi connectivity index (χ0n) is 17.0. The minimum Gasteiger partial charge on any atom is -0.496 e. The van der Waals surface area contributed by atoms with Gasteiger partial charge in [0.25, 0.3) is 0 Å². The summed E-state index contributed by atoms with van der Waals surface area (Å²) in [5.41, 5.74) is 3.42. The molecule has 6 heteroatoms. The predicted octanol–water partition coefficient (Wildman–Crippen LogP) is 5.17. The number of oxazole rings is 1. The van der Waals surface area contributed by atoms with Crippen LogP contribution in [0.15, 0.2) is 41.1 Å². The predicted molar refractivity (Wildman–Crippen MR) is 108 cm³/mol. The highest BCUT2D eigenvalue weighted by Gasteiger charge is 2.21. The largest absolute Gasteiger partial charge is 0.496 e. The minimum absolute atomic E-state index is 0.270. The van der Waals surface area contributed by atoms with Gasteiger partial charge in [0.1, 0.15) is 17.2 Å². The summed E-state index contributed by atoms with van der Waals surface area (Å²) in [6, 6.07) is 9.55. The van der Waals surface area contributed by atoms with Crippen LogP contribution in [0.25, 0.3) is 22.6 Å². The first-order chi connectivity index (χ1) is 13.5. The van der Waals surface area contributed by atoms with Crippen LogP contribution in [0.2, 0.25) is 0 Å². The Hall–Kier alpha value is -3.15. The van der Waals surface area contributed by atoms with Gasteiger partial charge in [0, 0.05) is 11.6 Å². The molecule has 3 rings (SSSR count). The van der Waals surface area contributed by atoms with Gasteiger partial charge >= 0.3 is 0 Å². The Bertz CT molecular complexity index is 962. The van der Waals surface area contributed by atoms with Crippen LogP contribution in [0, 0.1) is 0 Å². The van der Waals surface area contributed by atoms with Crippen LogP contribution in [0.3, 0.4) is 0 Å². The van der Waals surface area contributed by atoms with E-state index in [-0.39, 0.29) is 5.92 Å². The summed E-state index contributed by atoms with van der Waals surface area (Å²) in [5, 5.41) is 0. The van der Waals surface area contributed by atoms with Crippen molar-refractivity contribution >= 4 is 0 Å². The lowest BCUT2D eigenvalue weighted by Gasteiger charge is -2.16. The molecule has 6 nitrogen and oxygen atoms in total. The Morgan fingerprint density at radius 3 is 2.07 bits per heavy atom. The average molecular weight is 383 g/mol. The Morgan fingerprint density at radius 2 is 1.46 bits per heavy atom. The summed E-state index contributed by atoms with van der Waals surface area (Å²) in [5.74, 6) is 3.60. The number of hydrogen-bond acceptors (Lipinski definition) is 6. The molecule has 0 N–H and O–H groups in total. The van der Waals surface area contributed by atoms with Crippen molar-refractivity contribution in [2.45, 2.75) is 19.8 Å². The fourth-order valence-corrected chi connectivity index (χ4v) is 3.18. The first-order valence-electron chi connectivity index (χ1n) is 8.96. The van der Waals surface area contributed by atoms with Crippen molar-refractivity contribution in [2.75, 3.05) is 28.4 Å². The molecule has 0 radical (unpaired) electrons. The molecule has 0 saturated heterocycles. The van der Waals surface area contributed by atoms with E-state index < -0.39 is 0 Å². The van der Waals surface area contributed by atoms with Crippen molar-refractivity contribution in [3.8, 4) is 45.6 Å². The SMILES string of the molecule is COc1ccc(-c2ncoc2-c2cc(C(C)C)c(OC)cc2OC)cc1OC. The molecule has 0 saturated carbocycles. The normalized spacial score (nSPS) is 10.8. The van der Waals surface area contributed by atoms with Gasteiger partial charge in [-0.25, -0.2) is 4.98 Å². The third kappa shape index (κ3) is 3.50. The van der Waals surface area contributed by atoms with Gasteiger partial charge in [0.15, 0.2) is 23.7 Å². The molecule has 0 aliphatic heterocycles. The van der Waals surface area contributed by atoms with Crippen LogP contribution in [0.1, 0.15) is 25.3 Å². The van der Waals surface area contributed by atoms with E-state index in [9.17, 15) is 0 Å². The summed E-state index contributed by atoms with van der Waals surface area (Å²) in [6.45, 7) is 4.23. The second kappa shape index (κ2) is 8.25. The van der Waals surface area contributed by atoms with Crippen molar-refractivity contribution < 1.29 is 23.4 Å². The molecule has 0 spiro atoms. The van der Waals surface area contributed by atoms with E-state index in [0.29, 0.717) is 28.7 Å². The van der Waals surface area contributed by atoms with Crippen LogP contribution >= 0.6 is 0 Å². The lowest BCUT2D eigenvalue weighted by molar-refractivity contribution is 0.355. The molecule has 0 amide bonds. The van der Waals surface area contributed by atoms with Crippen molar-refractivity contribution in [1.82, 2.24) is 4.98 Å².